The van der Waals surface area contributed by atoms with Gasteiger partial charge in [-0.1, -0.05) is 13.3 Å². The zero-order valence-corrected chi connectivity index (χ0v) is 14.7. The van der Waals surface area contributed by atoms with Crippen molar-refractivity contribution in [2.75, 3.05) is 0 Å². The van der Waals surface area contributed by atoms with Crippen molar-refractivity contribution >= 4 is 5.97 Å². The van der Waals surface area contributed by atoms with Crippen LogP contribution in [0.4, 0.5) is 0 Å². The average molecular weight is 318 g/mol. The van der Waals surface area contributed by atoms with Crippen molar-refractivity contribution < 1.29 is 14.6 Å². The second-order valence-electron chi connectivity index (χ2n) is 10.1. The largest absolute Gasteiger partial charge is 0.481 e. The number of hydrogen-bond acceptors (Lipinski definition) is 2. The Morgan fingerprint density at radius 2 is 1.83 bits per heavy atom. The van der Waals surface area contributed by atoms with Gasteiger partial charge >= 0.3 is 5.97 Å². The zero-order chi connectivity index (χ0) is 16.3. The number of carbonyl (C=O) groups is 1. The van der Waals surface area contributed by atoms with Crippen molar-refractivity contribution in [3.05, 3.63) is 0 Å². The molecular formula is C20H30O3. The fourth-order valence-electron chi connectivity index (χ4n) is 8.40. The van der Waals surface area contributed by atoms with Gasteiger partial charge in [-0.3, -0.25) is 4.79 Å². The molecule has 1 saturated heterocycles. The number of epoxide rings is 1. The number of fused-ring (bicyclic) bond motifs is 5. The van der Waals surface area contributed by atoms with E-state index >= 15 is 0 Å². The van der Waals surface area contributed by atoms with Gasteiger partial charge in [-0.25, -0.2) is 0 Å². The molecule has 1 spiro atoms. The van der Waals surface area contributed by atoms with Crippen molar-refractivity contribution in [3.63, 3.8) is 0 Å². The molecule has 1 N–H and O–H groups in total. The number of carboxylic acids is 1. The number of rotatable bonds is 1. The molecule has 1 heterocycles. The van der Waals surface area contributed by atoms with Crippen molar-refractivity contribution in [1.29, 1.82) is 0 Å². The van der Waals surface area contributed by atoms with Gasteiger partial charge in [0.1, 0.15) is 0 Å². The highest BCUT2D eigenvalue weighted by Crippen LogP contribution is 2.78. The molecular weight excluding hydrogens is 288 g/mol. The Kier molecular flexibility index (Phi) is 2.55. The number of ether oxygens (including phenoxy) is 1. The molecule has 23 heavy (non-hydrogen) atoms. The van der Waals surface area contributed by atoms with E-state index in [-0.39, 0.29) is 11.0 Å². The highest BCUT2D eigenvalue weighted by molar-refractivity contribution is 5.75. The maximum Gasteiger partial charge on any atom is 0.309 e. The van der Waals surface area contributed by atoms with Crippen molar-refractivity contribution in [1.82, 2.24) is 0 Å². The third-order valence-corrected chi connectivity index (χ3v) is 9.45. The SMILES string of the molecule is C[C@@]12CCC[C@@](C)(C(=O)O)[C@H]1CC[C@@]13C[C@@H](CC[C@H]12)[C@]1(C)OC31. The molecule has 3 nitrogen and oxygen atoms in total. The Morgan fingerprint density at radius 3 is 2.57 bits per heavy atom. The lowest BCUT2D eigenvalue weighted by atomic mass is 9.40. The van der Waals surface area contributed by atoms with Gasteiger partial charge in [0.15, 0.2) is 0 Å². The summed E-state index contributed by atoms with van der Waals surface area (Å²) in [6, 6.07) is 0. The van der Waals surface area contributed by atoms with E-state index in [1.165, 1.54) is 32.1 Å². The Hall–Kier alpha value is -0.570. The van der Waals surface area contributed by atoms with Crippen LogP contribution in [-0.2, 0) is 9.53 Å². The van der Waals surface area contributed by atoms with Gasteiger partial charge < -0.3 is 9.84 Å². The molecule has 5 fully saturated rings. The van der Waals surface area contributed by atoms with Crippen LogP contribution in [-0.4, -0.2) is 22.8 Å². The van der Waals surface area contributed by atoms with Crippen LogP contribution >= 0.6 is 0 Å². The number of hydrogen-bond donors (Lipinski definition) is 1. The molecule has 4 saturated carbocycles. The Labute approximate surface area is 139 Å². The fourth-order valence-corrected chi connectivity index (χ4v) is 8.40. The molecule has 8 atom stereocenters. The van der Waals surface area contributed by atoms with E-state index in [9.17, 15) is 9.90 Å². The van der Waals surface area contributed by atoms with E-state index < -0.39 is 11.4 Å². The summed E-state index contributed by atoms with van der Waals surface area (Å²) in [6.07, 6.45) is 9.90. The standard InChI is InChI=1S/C20H30O3/c1-17-8-4-9-18(2,16(21)22)13(17)7-10-20-11-12(5-6-14(17)20)19(3)15(20)23-19/h12-15H,4-11H2,1-3H3,(H,21,22)/t12-,13+,14+,15?,17-,18-,19+,20-/m1/s1. The smallest absolute Gasteiger partial charge is 0.309 e. The first-order chi connectivity index (χ1) is 10.8. The third kappa shape index (κ3) is 1.46. The molecule has 1 unspecified atom stereocenters. The molecule has 0 radical (unpaired) electrons. The predicted molar refractivity (Wildman–Crippen MR) is 87.0 cm³/mol. The predicted octanol–water partition coefficient (Wildman–Crippen LogP) is 4.25. The first-order valence-corrected chi connectivity index (χ1v) is 9.69. The first-order valence-electron chi connectivity index (χ1n) is 9.69. The lowest BCUT2D eigenvalue weighted by molar-refractivity contribution is -0.187. The highest BCUT2D eigenvalue weighted by atomic mass is 16.6. The minimum absolute atomic E-state index is 0.169. The molecule has 0 aromatic rings. The van der Waals surface area contributed by atoms with E-state index in [4.69, 9.17) is 4.74 Å². The zero-order valence-electron chi connectivity index (χ0n) is 14.7. The topological polar surface area (TPSA) is 49.8 Å². The summed E-state index contributed by atoms with van der Waals surface area (Å²) >= 11 is 0. The highest BCUT2D eigenvalue weighted by Gasteiger charge is 2.79. The molecule has 2 bridgehead atoms. The van der Waals surface area contributed by atoms with E-state index in [2.05, 4.69) is 13.8 Å². The van der Waals surface area contributed by atoms with Crippen LogP contribution < -0.4 is 0 Å². The van der Waals surface area contributed by atoms with Crippen LogP contribution in [0.15, 0.2) is 0 Å². The van der Waals surface area contributed by atoms with E-state index in [1.54, 1.807) is 0 Å². The monoisotopic (exact) mass is 318 g/mol. The molecule has 0 aromatic carbocycles. The molecule has 3 heteroatoms. The average Bonchev–Trinajstić information content (AvgIpc) is 3.16. The summed E-state index contributed by atoms with van der Waals surface area (Å²) in [6.45, 7) is 6.82. The summed E-state index contributed by atoms with van der Waals surface area (Å²) in [5, 5.41) is 9.95. The summed E-state index contributed by atoms with van der Waals surface area (Å²) < 4.78 is 6.28. The summed E-state index contributed by atoms with van der Waals surface area (Å²) in [4.78, 5) is 12.1. The molecule has 5 aliphatic rings. The Morgan fingerprint density at radius 1 is 1.04 bits per heavy atom. The van der Waals surface area contributed by atoms with Gasteiger partial charge in [0.05, 0.1) is 17.1 Å². The summed E-state index contributed by atoms with van der Waals surface area (Å²) in [5.74, 6) is 1.23. The van der Waals surface area contributed by atoms with Gasteiger partial charge in [-0.15, -0.1) is 0 Å². The fraction of sp³-hybridized carbons (Fsp3) is 0.950. The van der Waals surface area contributed by atoms with Gasteiger partial charge in [-0.05, 0) is 82.0 Å². The molecule has 5 rings (SSSR count). The molecule has 128 valence electrons. The van der Waals surface area contributed by atoms with Crippen LogP contribution in [0.1, 0.15) is 72.1 Å². The second-order valence-corrected chi connectivity index (χ2v) is 10.1. The maximum absolute atomic E-state index is 12.1. The van der Waals surface area contributed by atoms with Gasteiger partial charge in [-0.2, -0.15) is 0 Å². The van der Waals surface area contributed by atoms with Crippen molar-refractivity contribution in [3.8, 4) is 0 Å². The minimum atomic E-state index is -0.558. The molecule has 0 amide bonds. The summed E-state index contributed by atoms with van der Waals surface area (Å²) in [7, 11) is 0. The van der Waals surface area contributed by atoms with Gasteiger partial charge in [0.25, 0.3) is 0 Å². The Balaban J connectivity index is 1.58. The van der Waals surface area contributed by atoms with Gasteiger partial charge in [0.2, 0.25) is 0 Å². The third-order valence-electron chi connectivity index (χ3n) is 9.45. The van der Waals surface area contributed by atoms with Gasteiger partial charge in [0, 0.05) is 5.41 Å². The normalized spacial score (nSPS) is 62.9. The second kappa shape index (κ2) is 3.98. The van der Waals surface area contributed by atoms with Crippen LogP contribution in [0.3, 0.4) is 0 Å². The molecule has 4 aliphatic carbocycles. The number of carboxylic acid groups (broad SMARTS) is 1. The lowest BCUT2D eigenvalue weighted by Gasteiger charge is -2.63. The summed E-state index contributed by atoms with van der Waals surface area (Å²) in [5.41, 5.74) is 0.228. The Bertz CT molecular complexity index is 587. The van der Waals surface area contributed by atoms with E-state index in [0.717, 1.165) is 25.2 Å². The van der Waals surface area contributed by atoms with Crippen LogP contribution in [0.25, 0.3) is 0 Å². The maximum atomic E-state index is 12.1. The van der Waals surface area contributed by atoms with Crippen LogP contribution in [0.5, 0.6) is 0 Å². The first kappa shape index (κ1) is 14.7. The van der Waals surface area contributed by atoms with E-state index in [0.29, 0.717) is 23.4 Å². The molecule has 1 aliphatic heterocycles. The minimum Gasteiger partial charge on any atom is -0.481 e. The van der Waals surface area contributed by atoms with Crippen molar-refractivity contribution in [2.24, 2.45) is 34.0 Å². The van der Waals surface area contributed by atoms with Crippen LogP contribution in [0.2, 0.25) is 0 Å². The molecule has 0 aromatic heterocycles. The van der Waals surface area contributed by atoms with Crippen LogP contribution in [0, 0.1) is 34.0 Å². The lowest BCUT2D eigenvalue weighted by Crippen LogP contribution is -2.59. The van der Waals surface area contributed by atoms with Crippen molar-refractivity contribution in [2.45, 2.75) is 83.8 Å². The number of aliphatic carboxylic acids is 1. The van der Waals surface area contributed by atoms with E-state index in [1.807, 2.05) is 6.92 Å². The quantitative estimate of drug-likeness (QED) is 0.735.